The largest absolute Gasteiger partial charge is 0.480 e. The molecule has 2 aromatic rings. The van der Waals surface area contributed by atoms with Crippen LogP contribution >= 0.6 is 0 Å². The highest BCUT2D eigenvalue weighted by Crippen LogP contribution is 2.24. The summed E-state index contributed by atoms with van der Waals surface area (Å²) < 4.78 is 10.5. The summed E-state index contributed by atoms with van der Waals surface area (Å²) in [7, 11) is 0. The highest BCUT2D eigenvalue weighted by atomic mass is 16.6. The van der Waals surface area contributed by atoms with Crippen molar-refractivity contribution < 1.29 is 19.1 Å². The van der Waals surface area contributed by atoms with E-state index in [1.807, 2.05) is 44.2 Å². The van der Waals surface area contributed by atoms with Crippen LogP contribution in [-0.2, 0) is 16.0 Å². The number of benzene rings is 2. The number of Topliss-reactive ketones (excluding diaryl/α,β-unsaturated/α-hetero) is 1. The maximum atomic E-state index is 11.9. The Bertz CT molecular complexity index is 726. The number of hydrogen-bond acceptors (Lipinski definition) is 5. The highest BCUT2D eigenvalue weighted by molar-refractivity contribution is 5.98. The molecule has 0 aliphatic rings. The normalized spacial score (nSPS) is 10.5. The molecule has 0 heterocycles. The first-order chi connectivity index (χ1) is 12.0. The van der Waals surface area contributed by atoms with Crippen molar-refractivity contribution in [1.82, 2.24) is 0 Å². The predicted molar refractivity (Wildman–Crippen MR) is 96.6 cm³/mol. The van der Waals surface area contributed by atoms with Gasteiger partial charge in [0.25, 0.3) is 0 Å². The van der Waals surface area contributed by atoms with E-state index in [2.05, 4.69) is 0 Å². The van der Waals surface area contributed by atoms with Crippen LogP contribution in [0.15, 0.2) is 48.5 Å². The summed E-state index contributed by atoms with van der Waals surface area (Å²) in [5, 5.41) is 0. The molecular formula is C20H23NO4. The number of carbonyl (C=O) groups is 2. The molecule has 5 heteroatoms. The van der Waals surface area contributed by atoms with E-state index in [0.29, 0.717) is 30.0 Å². The zero-order chi connectivity index (χ0) is 18.2. The number of esters is 1. The maximum absolute atomic E-state index is 11.9. The molecule has 0 spiro atoms. The van der Waals surface area contributed by atoms with E-state index in [4.69, 9.17) is 15.2 Å². The molecule has 0 bridgehead atoms. The molecule has 0 aliphatic heterocycles. The monoisotopic (exact) mass is 341 g/mol. The molecular weight excluding hydrogens is 318 g/mol. The van der Waals surface area contributed by atoms with Crippen LogP contribution in [0.1, 0.15) is 29.8 Å². The minimum Gasteiger partial charge on any atom is -0.480 e. The van der Waals surface area contributed by atoms with Crippen LogP contribution < -0.4 is 10.5 Å². The van der Waals surface area contributed by atoms with Crippen molar-refractivity contribution in [1.29, 1.82) is 0 Å². The van der Waals surface area contributed by atoms with Crippen LogP contribution in [0, 0.1) is 5.92 Å². The molecule has 132 valence electrons. The zero-order valence-electron chi connectivity index (χ0n) is 14.5. The number of nitrogens with two attached hydrogens (primary N) is 1. The van der Waals surface area contributed by atoms with E-state index in [-0.39, 0.29) is 18.3 Å². The van der Waals surface area contributed by atoms with Crippen LogP contribution in [0.4, 0.5) is 5.69 Å². The summed E-state index contributed by atoms with van der Waals surface area (Å²) in [5.41, 5.74) is 7.85. The van der Waals surface area contributed by atoms with Crippen LogP contribution in [0.25, 0.3) is 0 Å². The fourth-order valence-corrected chi connectivity index (χ4v) is 2.27. The van der Waals surface area contributed by atoms with Gasteiger partial charge in [-0.2, -0.15) is 0 Å². The second-order valence-electron chi connectivity index (χ2n) is 6.02. The van der Waals surface area contributed by atoms with Gasteiger partial charge in [-0.1, -0.05) is 44.2 Å². The van der Waals surface area contributed by atoms with E-state index in [0.717, 1.165) is 5.56 Å². The Balaban J connectivity index is 1.80. The van der Waals surface area contributed by atoms with Gasteiger partial charge in [-0.05, 0) is 23.8 Å². The molecule has 0 radical (unpaired) electrons. The van der Waals surface area contributed by atoms with E-state index in [9.17, 15) is 9.59 Å². The van der Waals surface area contributed by atoms with Gasteiger partial charge in [-0.3, -0.25) is 4.79 Å². The van der Waals surface area contributed by atoms with E-state index < -0.39 is 5.97 Å². The Kier molecular flexibility index (Phi) is 6.57. The van der Waals surface area contributed by atoms with Gasteiger partial charge in [-0.15, -0.1) is 0 Å². The highest BCUT2D eigenvalue weighted by Gasteiger charge is 2.13. The number of carbonyl (C=O) groups excluding carboxylic acids is 2. The quantitative estimate of drug-likeness (QED) is 0.453. The lowest BCUT2D eigenvalue weighted by Gasteiger charge is -2.11. The number of rotatable bonds is 8. The second kappa shape index (κ2) is 8.87. The Morgan fingerprint density at radius 2 is 1.80 bits per heavy atom. The van der Waals surface area contributed by atoms with Crippen molar-refractivity contribution in [2.45, 2.75) is 20.3 Å². The molecule has 0 saturated heterocycles. The van der Waals surface area contributed by atoms with Crippen molar-refractivity contribution in [2.75, 3.05) is 18.9 Å². The van der Waals surface area contributed by atoms with Crippen LogP contribution in [-0.4, -0.2) is 25.0 Å². The lowest BCUT2D eigenvalue weighted by atomic mass is 10.0. The van der Waals surface area contributed by atoms with Gasteiger partial charge in [0, 0.05) is 17.9 Å². The first kappa shape index (κ1) is 18.5. The Morgan fingerprint density at radius 3 is 2.44 bits per heavy atom. The molecule has 5 nitrogen and oxygen atoms in total. The predicted octanol–water partition coefficient (Wildman–Crippen LogP) is 3.27. The summed E-state index contributed by atoms with van der Waals surface area (Å²) in [6.07, 6.45) is 0.654. The van der Waals surface area contributed by atoms with E-state index in [1.54, 1.807) is 18.2 Å². The number of anilines is 1. The number of hydrogen-bond donors (Lipinski definition) is 1. The summed E-state index contributed by atoms with van der Waals surface area (Å²) in [6, 6.07) is 14.6. The number of ketones is 1. The lowest BCUT2D eigenvalue weighted by molar-refractivity contribution is -0.145. The minimum atomic E-state index is -0.460. The summed E-state index contributed by atoms with van der Waals surface area (Å²) in [4.78, 5) is 23.7. The van der Waals surface area contributed by atoms with Gasteiger partial charge in [0.15, 0.2) is 12.4 Å². The zero-order valence-corrected chi connectivity index (χ0v) is 14.5. The molecule has 2 rings (SSSR count). The second-order valence-corrected chi connectivity index (χ2v) is 6.02. The molecule has 0 aliphatic carbocycles. The average Bonchev–Trinajstić information content (AvgIpc) is 2.60. The Morgan fingerprint density at radius 1 is 1.08 bits per heavy atom. The van der Waals surface area contributed by atoms with Gasteiger partial charge in [0.1, 0.15) is 5.75 Å². The third-order valence-corrected chi connectivity index (χ3v) is 3.66. The minimum absolute atomic E-state index is 0.0126. The molecule has 2 aromatic carbocycles. The fraction of sp³-hybridized carbons (Fsp3) is 0.300. The van der Waals surface area contributed by atoms with Gasteiger partial charge in [0.05, 0.1) is 12.3 Å². The van der Waals surface area contributed by atoms with E-state index in [1.165, 1.54) is 0 Å². The summed E-state index contributed by atoms with van der Waals surface area (Å²) in [6.45, 7) is 3.72. The van der Waals surface area contributed by atoms with Gasteiger partial charge < -0.3 is 15.2 Å². The van der Waals surface area contributed by atoms with Crippen LogP contribution in [0.2, 0.25) is 0 Å². The third-order valence-electron chi connectivity index (χ3n) is 3.66. The smallest absolute Gasteiger partial charge is 0.344 e. The fourth-order valence-electron chi connectivity index (χ4n) is 2.27. The van der Waals surface area contributed by atoms with Crippen molar-refractivity contribution in [2.24, 2.45) is 5.92 Å². The lowest BCUT2D eigenvalue weighted by Crippen LogP contribution is -2.17. The van der Waals surface area contributed by atoms with Crippen molar-refractivity contribution >= 4 is 17.4 Å². The molecule has 0 atom stereocenters. The summed E-state index contributed by atoms with van der Waals surface area (Å²) in [5.74, 6) is -0.192. The maximum Gasteiger partial charge on any atom is 0.344 e. The molecule has 2 N–H and O–H groups in total. The van der Waals surface area contributed by atoms with Crippen LogP contribution in [0.5, 0.6) is 5.75 Å². The Hall–Kier alpha value is -2.82. The number of nitrogen functional groups attached to an aromatic ring is 1. The topological polar surface area (TPSA) is 78.6 Å². The molecule has 0 unspecified atom stereocenters. The first-order valence-corrected chi connectivity index (χ1v) is 8.23. The Labute approximate surface area is 147 Å². The van der Waals surface area contributed by atoms with Crippen LogP contribution in [0.3, 0.4) is 0 Å². The molecule has 0 saturated carbocycles. The van der Waals surface area contributed by atoms with Crippen molar-refractivity contribution in [3.05, 3.63) is 59.7 Å². The summed E-state index contributed by atoms with van der Waals surface area (Å²) >= 11 is 0. The van der Waals surface area contributed by atoms with Crippen molar-refractivity contribution in [3.8, 4) is 5.75 Å². The van der Waals surface area contributed by atoms with Gasteiger partial charge in [0.2, 0.25) is 0 Å². The molecule has 0 fully saturated rings. The third kappa shape index (κ3) is 5.64. The number of ether oxygens (including phenoxy) is 2. The first-order valence-electron chi connectivity index (χ1n) is 8.23. The molecule has 0 amide bonds. The van der Waals surface area contributed by atoms with Crippen molar-refractivity contribution in [3.63, 3.8) is 0 Å². The standard InChI is InChI=1S/C20H23NO4/c1-14(2)20(23)16-8-9-18(17(21)12-16)25-13-19(22)24-11-10-15-6-4-3-5-7-15/h3-9,12,14H,10-11,13,21H2,1-2H3. The SMILES string of the molecule is CC(C)C(=O)c1ccc(OCC(=O)OCCc2ccccc2)c(N)c1. The molecule has 0 aromatic heterocycles. The van der Waals surface area contributed by atoms with Gasteiger partial charge in [-0.25, -0.2) is 4.79 Å². The average molecular weight is 341 g/mol. The van der Waals surface area contributed by atoms with Gasteiger partial charge >= 0.3 is 5.97 Å². The molecule has 25 heavy (non-hydrogen) atoms. The van der Waals surface area contributed by atoms with E-state index >= 15 is 0 Å².